The normalized spacial score (nSPS) is 13.5. The Labute approximate surface area is 165 Å². The smallest absolute Gasteiger partial charge is 0.244 e. The fourth-order valence-electron chi connectivity index (χ4n) is 3.14. The molecule has 1 aliphatic rings. The number of anilines is 1. The maximum atomic E-state index is 12.6. The minimum absolute atomic E-state index is 0.0529. The molecule has 1 aliphatic heterocycles. The van der Waals surface area contributed by atoms with Gasteiger partial charge in [-0.2, -0.15) is 0 Å². The van der Waals surface area contributed by atoms with Crippen LogP contribution in [0.3, 0.4) is 0 Å². The number of benzene rings is 2. The summed E-state index contributed by atoms with van der Waals surface area (Å²) in [4.78, 5) is 12.0. The van der Waals surface area contributed by atoms with E-state index in [1.54, 1.807) is 6.08 Å². The van der Waals surface area contributed by atoms with Gasteiger partial charge in [0.1, 0.15) is 5.75 Å². The van der Waals surface area contributed by atoms with Gasteiger partial charge in [-0.1, -0.05) is 36.4 Å². The van der Waals surface area contributed by atoms with E-state index in [9.17, 15) is 13.2 Å². The highest BCUT2D eigenvalue weighted by Crippen LogP contribution is 2.29. The van der Waals surface area contributed by atoms with Crippen LogP contribution in [0, 0.1) is 0 Å². The van der Waals surface area contributed by atoms with E-state index in [0.717, 1.165) is 16.8 Å². The highest BCUT2D eigenvalue weighted by atomic mass is 32.2. The van der Waals surface area contributed by atoms with Gasteiger partial charge < -0.3 is 10.1 Å². The third kappa shape index (κ3) is 4.72. The summed E-state index contributed by atoms with van der Waals surface area (Å²) < 4.78 is 32.2. The zero-order valence-electron chi connectivity index (χ0n) is 15.8. The summed E-state index contributed by atoms with van der Waals surface area (Å²) in [5.74, 6) is 0.212. The predicted molar refractivity (Wildman–Crippen MR) is 111 cm³/mol. The first kappa shape index (κ1) is 19.9. The van der Waals surface area contributed by atoms with E-state index in [1.165, 1.54) is 10.4 Å². The highest BCUT2D eigenvalue weighted by molar-refractivity contribution is 7.92. The van der Waals surface area contributed by atoms with E-state index < -0.39 is 10.0 Å². The summed E-state index contributed by atoms with van der Waals surface area (Å²) >= 11 is 0. The molecule has 0 spiro atoms. The van der Waals surface area contributed by atoms with Gasteiger partial charge >= 0.3 is 0 Å². The van der Waals surface area contributed by atoms with Crippen LogP contribution in [0.5, 0.6) is 5.75 Å². The lowest BCUT2D eigenvalue weighted by molar-refractivity contribution is -0.116. The van der Waals surface area contributed by atoms with Gasteiger partial charge in [0.15, 0.2) is 0 Å². The van der Waals surface area contributed by atoms with Gasteiger partial charge in [-0.05, 0) is 37.1 Å². The van der Waals surface area contributed by atoms with Gasteiger partial charge in [0, 0.05) is 24.7 Å². The van der Waals surface area contributed by atoms with E-state index >= 15 is 0 Å². The van der Waals surface area contributed by atoms with Crippen LogP contribution in [0.25, 0.3) is 6.08 Å². The van der Waals surface area contributed by atoms with E-state index in [4.69, 9.17) is 4.74 Å². The molecule has 0 unspecified atom stereocenters. The Morgan fingerprint density at radius 2 is 1.93 bits per heavy atom. The number of fused-ring (bicyclic) bond motifs is 1. The number of amides is 1. The second-order valence-electron chi connectivity index (χ2n) is 6.36. The van der Waals surface area contributed by atoms with Crippen molar-refractivity contribution < 1.29 is 17.9 Å². The Kier molecular flexibility index (Phi) is 6.36. The van der Waals surface area contributed by atoms with E-state index in [0.29, 0.717) is 25.3 Å². The standard InChI is InChI=1S/C21H24N2O4S/c1-2-27-20-10-6-4-8-18(20)11-12-21(24)22-14-16-28(25,26)23-15-13-17-7-3-5-9-19(17)23/h3-12H,2,13-16H2,1H3,(H,22,24)/b12-11+. The molecule has 0 saturated heterocycles. The molecule has 3 rings (SSSR count). The molecule has 2 aromatic rings. The minimum atomic E-state index is -3.48. The van der Waals surface area contributed by atoms with Gasteiger partial charge in [-0.3, -0.25) is 9.10 Å². The molecule has 6 nitrogen and oxygen atoms in total. The van der Waals surface area contributed by atoms with Crippen molar-refractivity contribution in [3.8, 4) is 5.75 Å². The van der Waals surface area contributed by atoms with Crippen LogP contribution in [0.15, 0.2) is 54.6 Å². The van der Waals surface area contributed by atoms with Crippen molar-refractivity contribution in [2.24, 2.45) is 0 Å². The molecule has 1 amide bonds. The van der Waals surface area contributed by atoms with Crippen LogP contribution < -0.4 is 14.4 Å². The quantitative estimate of drug-likeness (QED) is 0.691. The van der Waals surface area contributed by atoms with Crippen molar-refractivity contribution in [2.45, 2.75) is 13.3 Å². The lowest BCUT2D eigenvalue weighted by atomic mass is 10.2. The molecule has 0 aliphatic carbocycles. The number of carbonyl (C=O) groups is 1. The van der Waals surface area contributed by atoms with Crippen molar-refractivity contribution in [1.29, 1.82) is 0 Å². The lowest BCUT2D eigenvalue weighted by Gasteiger charge is -2.19. The molecule has 2 aromatic carbocycles. The molecule has 7 heteroatoms. The minimum Gasteiger partial charge on any atom is -0.493 e. The number of nitrogens with zero attached hydrogens (tertiary/aromatic N) is 1. The highest BCUT2D eigenvalue weighted by Gasteiger charge is 2.28. The van der Waals surface area contributed by atoms with Gasteiger partial charge in [0.2, 0.25) is 15.9 Å². The summed E-state index contributed by atoms with van der Waals surface area (Å²) in [5.41, 5.74) is 2.56. The first-order valence-corrected chi connectivity index (χ1v) is 10.9. The van der Waals surface area contributed by atoms with E-state index in [2.05, 4.69) is 5.32 Å². The number of nitrogens with one attached hydrogen (secondary N) is 1. The third-order valence-corrected chi connectivity index (χ3v) is 6.24. The molecule has 28 heavy (non-hydrogen) atoms. The first-order valence-electron chi connectivity index (χ1n) is 9.27. The summed E-state index contributed by atoms with van der Waals surface area (Å²) in [7, 11) is -3.48. The van der Waals surface area contributed by atoms with Crippen LogP contribution in [0.4, 0.5) is 5.69 Å². The molecule has 0 aromatic heterocycles. The number of hydrogen-bond donors (Lipinski definition) is 1. The Balaban J connectivity index is 1.54. The fourth-order valence-corrected chi connectivity index (χ4v) is 4.57. The summed E-state index contributed by atoms with van der Waals surface area (Å²) in [5, 5.41) is 2.64. The third-order valence-electron chi connectivity index (χ3n) is 4.47. The summed E-state index contributed by atoms with van der Waals surface area (Å²) in [6.45, 7) is 2.93. The predicted octanol–water partition coefficient (Wildman–Crippen LogP) is 2.61. The molecular weight excluding hydrogens is 376 g/mol. The second kappa shape index (κ2) is 8.93. The van der Waals surface area contributed by atoms with Crippen LogP contribution in [0.1, 0.15) is 18.1 Å². The average Bonchev–Trinajstić information content (AvgIpc) is 3.12. The number of carbonyl (C=O) groups excluding carboxylic acids is 1. The second-order valence-corrected chi connectivity index (χ2v) is 8.37. The van der Waals surface area contributed by atoms with Gasteiger partial charge in [-0.15, -0.1) is 0 Å². The van der Waals surface area contributed by atoms with Gasteiger partial charge in [0.05, 0.1) is 18.0 Å². The Morgan fingerprint density at radius 3 is 2.75 bits per heavy atom. The fraction of sp³-hybridized carbons (Fsp3) is 0.286. The zero-order chi connectivity index (χ0) is 20.0. The zero-order valence-corrected chi connectivity index (χ0v) is 16.6. The van der Waals surface area contributed by atoms with Crippen LogP contribution in [0.2, 0.25) is 0 Å². The molecule has 0 radical (unpaired) electrons. The van der Waals surface area contributed by atoms with Crippen molar-refractivity contribution in [3.63, 3.8) is 0 Å². The van der Waals surface area contributed by atoms with Crippen LogP contribution in [-0.2, 0) is 21.2 Å². The molecule has 148 valence electrons. The Morgan fingerprint density at radius 1 is 1.18 bits per heavy atom. The number of rotatable bonds is 8. The largest absolute Gasteiger partial charge is 0.493 e. The van der Waals surface area contributed by atoms with Gasteiger partial charge in [0.25, 0.3) is 0 Å². The van der Waals surface area contributed by atoms with E-state index in [-0.39, 0.29) is 18.2 Å². The lowest BCUT2D eigenvalue weighted by Crippen LogP contribution is -2.36. The average molecular weight is 401 g/mol. The number of hydrogen-bond acceptors (Lipinski definition) is 4. The molecule has 0 fully saturated rings. The number of sulfonamides is 1. The molecule has 1 heterocycles. The van der Waals surface area contributed by atoms with Crippen LogP contribution in [-0.4, -0.2) is 39.8 Å². The van der Waals surface area contributed by atoms with E-state index in [1.807, 2.05) is 55.5 Å². The van der Waals surface area contributed by atoms with Crippen molar-refractivity contribution in [2.75, 3.05) is 29.8 Å². The maximum Gasteiger partial charge on any atom is 0.244 e. The SMILES string of the molecule is CCOc1ccccc1/C=C/C(=O)NCCS(=O)(=O)N1CCc2ccccc21. The molecule has 1 N–H and O–H groups in total. The maximum absolute atomic E-state index is 12.6. The summed E-state index contributed by atoms with van der Waals surface area (Å²) in [6, 6.07) is 14.9. The van der Waals surface area contributed by atoms with Crippen LogP contribution >= 0.6 is 0 Å². The first-order chi connectivity index (χ1) is 13.5. The van der Waals surface area contributed by atoms with Crippen molar-refractivity contribution >= 4 is 27.7 Å². The number of ether oxygens (including phenoxy) is 1. The monoisotopic (exact) mass is 400 g/mol. The number of para-hydroxylation sites is 2. The Bertz CT molecular complexity index is 970. The van der Waals surface area contributed by atoms with Crippen molar-refractivity contribution in [1.82, 2.24) is 5.32 Å². The molecular formula is C21H24N2O4S. The van der Waals surface area contributed by atoms with Gasteiger partial charge in [-0.25, -0.2) is 8.42 Å². The Hall–Kier alpha value is -2.80. The molecule has 0 atom stereocenters. The van der Waals surface area contributed by atoms with Crippen molar-refractivity contribution in [3.05, 3.63) is 65.7 Å². The summed E-state index contributed by atoms with van der Waals surface area (Å²) in [6.07, 6.45) is 3.75. The molecule has 0 saturated carbocycles. The topological polar surface area (TPSA) is 75.7 Å². The molecule has 0 bridgehead atoms.